The molecule has 4 nitrogen and oxygen atoms in total. The molecule has 0 bridgehead atoms. The molecule has 2 rings (SSSR count). The van der Waals surface area contributed by atoms with Crippen molar-refractivity contribution >= 4 is 17.4 Å². The van der Waals surface area contributed by atoms with Gasteiger partial charge in [-0.3, -0.25) is 4.79 Å². The largest absolute Gasteiger partial charge is 0.388 e. The van der Waals surface area contributed by atoms with Crippen molar-refractivity contribution in [3.63, 3.8) is 0 Å². The lowest BCUT2D eigenvalue weighted by atomic mass is 9.82. The Labute approximate surface area is 136 Å². The summed E-state index contributed by atoms with van der Waals surface area (Å²) in [5.41, 5.74) is 2.41. The Morgan fingerprint density at radius 3 is 2.57 bits per heavy atom. The predicted octanol–water partition coefficient (Wildman–Crippen LogP) is 3.74. The van der Waals surface area contributed by atoms with Crippen molar-refractivity contribution in [3.05, 3.63) is 53.5 Å². The van der Waals surface area contributed by atoms with Crippen LogP contribution in [0.25, 0.3) is 0 Å². The van der Waals surface area contributed by atoms with E-state index in [-0.39, 0.29) is 5.91 Å². The number of anilines is 2. The quantitative estimate of drug-likeness (QED) is 0.883. The molecule has 2 aromatic rings. The molecule has 122 valence electrons. The maximum atomic E-state index is 12.9. The van der Waals surface area contributed by atoms with Gasteiger partial charge in [-0.2, -0.15) is 0 Å². The zero-order valence-corrected chi connectivity index (χ0v) is 13.9. The summed E-state index contributed by atoms with van der Waals surface area (Å²) in [4.78, 5) is 16.5. The second kappa shape index (κ2) is 6.77. The van der Waals surface area contributed by atoms with Crippen LogP contribution in [0.5, 0.6) is 0 Å². The molecule has 0 radical (unpaired) electrons. The molecule has 0 aliphatic rings. The molecular weight excluding hydrogens is 293 g/mol. The lowest BCUT2D eigenvalue weighted by Crippen LogP contribution is -2.35. The Kier molecular flexibility index (Phi) is 4.98. The van der Waals surface area contributed by atoms with Crippen LogP contribution in [0.4, 0.5) is 15.9 Å². The summed E-state index contributed by atoms with van der Waals surface area (Å²) in [7, 11) is 1.88. The summed E-state index contributed by atoms with van der Waals surface area (Å²) in [6.07, 6.45) is 1.96. The third kappa shape index (κ3) is 3.67. The van der Waals surface area contributed by atoms with Gasteiger partial charge in [0, 0.05) is 12.7 Å². The zero-order valence-electron chi connectivity index (χ0n) is 13.9. The van der Waals surface area contributed by atoms with E-state index in [1.165, 1.54) is 12.1 Å². The number of carbonyl (C=O) groups is 1. The first kappa shape index (κ1) is 16.9. The Morgan fingerprint density at radius 1 is 1.26 bits per heavy atom. The number of halogens is 1. The van der Waals surface area contributed by atoms with Gasteiger partial charge in [0.15, 0.2) is 0 Å². The Bertz CT molecular complexity index is 696. The lowest BCUT2D eigenvalue weighted by Gasteiger charge is -2.25. The number of hydrogen-bond donors (Lipinski definition) is 2. The Hall–Kier alpha value is -2.43. The van der Waals surface area contributed by atoms with E-state index in [0.29, 0.717) is 5.82 Å². The number of nitrogens with zero attached hydrogens (tertiary/aromatic N) is 1. The second-order valence-electron chi connectivity index (χ2n) is 5.92. The highest BCUT2D eigenvalue weighted by molar-refractivity contribution is 5.98. The van der Waals surface area contributed by atoms with Gasteiger partial charge < -0.3 is 10.6 Å². The number of nitrogens with one attached hydrogen (secondary N) is 2. The first-order chi connectivity index (χ1) is 10.9. The van der Waals surface area contributed by atoms with Crippen LogP contribution in [-0.4, -0.2) is 17.9 Å². The minimum Gasteiger partial charge on any atom is -0.388 e. The minimum absolute atomic E-state index is 0.184. The van der Waals surface area contributed by atoms with Crippen LogP contribution in [0.15, 0.2) is 36.5 Å². The van der Waals surface area contributed by atoms with Crippen LogP contribution in [0.2, 0.25) is 0 Å². The fraction of sp³-hybridized carbons (Fsp3) is 0.333. The van der Waals surface area contributed by atoms with E-state index < -0.39 is 11.2 Å². The molecule has 0 saturated carbocycles. The van der Waals surface area contributed by atoms with Crippen molar-refractivity contribution in [2.24, 2.45) is 0 Å². The number of pyridine rings is 1. The molecule has 0 atom stereocenters. The van der Waals surface area contributed by atoms with Crippen LogP contribution >= 0.6 is 0 Å². The number of rotatable bonds is 5. The van der Waals surface area contributed by atoms with Gasteiger partial charge in [-0.25, -0.2) is 9.37 Å². The Morgan fingerprint density at radius 2 is 2.00 bits per heavy atom. The van der Waals surface area contributed by atoms with Gasteiger partial charge in [0.05, 0.1) is 11.6 Å². The zero-order chi connectivity index (χ0) is 17.0. The second-order valence-corrected chi connectivity index (χ2v) is 5.92. The van der Waals surface area contributed by atoms with Gasteiger partial charge in [-0.15, -0.1) is 0 Å². The van der Waals surface area contributed by atoms with E-state index in [0.717, 1.165) is 29.4 Å². The summed E-state index contributed by atoms with van der Waals surface area (Å²) in [6, 6.07) is 8.70. The van der Waals surface area contributed by atoms with Gasteiger partial charge in [-0.1, -0.05) is 19.1 Å². The first-order valence-corrected chi connectivity index (χ1v) is 7.62. The van der Waals surface area contributed by atoms with Crippen LogP contribution in [0.1, 0.15) is 31.9 Å². The molecule has 2 N–H and O–H groups in total. The van der Waals surface area contributed by atoms with Crippen molar-refractivity contribution in [1.29, 1.82) is 0 Å². The summed E-state index contributed by atoms with van der Waals surface area (Å²) < 4.78 is 12.9. The monoisotopic (exact) mass is 315 g/mol. The van der Waals surface area contributed by atoms with E-state index in [9.17, 15) is 9.18 Å². The van der Waals surface area contributed by atoms with Crippen molar-refractivity contribution in [2.45, 2.75) is 32.6 Å². The van der Waals surface area contributed by atoms with E-state index in [1.807, 2.05) is 39.1 Å². The third-order valence-corrected chi connectivity index (χ3v) is 4.01. The molecule has 1 aromatic carbocycles. The molecule has 1 aromatic heterocycles. The number of aryl methyl sites for hydroxylation is 1. The number of carbonyl (C=O) groups excluding carboxylic acids is 1. The maximum absolute atomic E-state index is 12.9. The molecule has 0 unspecified atom stereocenters. The van der Waals surface area contributed by atoms with E-state index in [2.05, 4.69) is 22.5 Å². The van der Waals surface area contributed by atoms with Crippen molar-refractivity contribution in [3.8, 4) is 0 Å². The van der Waals surface area contributed by atoms with Crippen molar-refractivity contribution in [2.75, 3.05) is 17.7 Å². The number of benzene rings is 1. The molecule has 5 heteroatoms. The molecule has 0 saturated heterocycles. The highest BCUT2D eigenvalue weighted by atomic mass is 19.1. The number of amides is 1. The third-order valence-electron chi connectivity index (χ3n) is 4.01. The molecule has 1 heterocycles. The summed E-state index contributed by atoms with van der Waals surface area (Å²) in [5, 5.41) is 5.90. The Balaban J connectivity index is 2.26. The number of aromatic nitrogens is 1. The van der Waals surface area contributed by atoms with Gasteiger partial charge in [0.2, 0.25) is 5.91 Å². The molecule has 0 aliphatic carbocycles. The predicted molar refractivity (Wildman–Crippen MR) is 91.2 cm³/mol. The SMILES string of the molecule is CCc1cc(C(C)(C)C(=O)Nc2ccc(F)cn2)ccc1NC. The highest BCUT2D eigenvalue weighted by Gasteiger charge is 2.30. The van der Waals surface area contributed by atoms with Crippen LogP contribution in [0.3, 0.4) is 0 Å². The van der Waals surface area contributed by atoms with Crippen molar-refractivity contribution in [1.82, 2.24) is 4.98 Å². The van der Waals surface area contributed by atoms with Gasteiger partial charge in [-0.05, 0) is 49.6 Å². The van der Waals surface area contributed by atoms with E-state index in [1.54, 1.807) is 0 Å². The molecule has 0 fully saturated rings. The normalized spacial score (nSPS) is 11.2. The fourth-order valence-electron chi connectivity index (χ4n) is 2.37. The lowest BCUT2D eigenvalue weighted by molar-refractivity contribution is -0.120. The van der Waals surface area contributed by atoms with Crippen LogP contribution in [0, 0.1) is 5.82 Å². The summed E-state index contributed by atoms with van der Waals surface area (Å²) in [5.74, 6) is -0.277. The van der Waals surface area contributed by atoms with Gasteiger partial charge >= 0.3 is 0 Å². The van der Waals surface area contributed by atoms with Gasteiger partial charge in [0.1, 0.15) is 11.6 Å². The summed E-state index contributed by atoms with van der Waals surface area (Å²) in [6.45, 7) is 5.80. The minimum atomic E-state index is -0.730. The topological polar surface area (TPSA) is 54.0 Å². The van der Waals surface area contributed by atoms with E-state index >= 15 is 0 Å². The van der Waals surface area contributed by atoms with Crippen LogP contribution in [-0.2, 0) is 16.6 Å². The molecule has 23 heavy (non-hydrogen) atoms. The smallest absolute Gasteiger partial charge is 0.235 e. The van der Waals surface area contributed by atoms with Gasteiger partial charge in [0.25, 0.3) is 0 Å². The van der Waals surface area contributed by atoms with E-state index in [4.69, 9.17) is 0 Å². The maximum Gasteiger partial charge on any atom is 0.235 e. The highest BCUT2D eigenvalue weighted by Crippen LogP contribution is 2.28. The molecular formula is C18H22FN3O. The standard InChI is InChI=1S/C18H22FN3O/c1-5-12-10-13(6-8-15(12)20-4)18(2,3)17(23)22-16-9-7-14(19)11-21-16/h6-11,20H,5H2,1-4H3,(H,21,22,23). The average Bonchev–Trinajstić information content (AvgIpc) is 2.56. The molecule has 0 aliphatic heterocycles. The first-order valence-electron chi connectivity index (χ1n) is 7.62. The number of hydrogen-bond acceptors (Lipinski definition) is 3. The molecule has 1 amide bonds. The molecule has 0 spiro atoms. The van der Waals surface area contributed by atoms with Crippen LogP contribution < -0.4 is 10.6 Å². The fourth-order valence-corrected chi connectivity index (χ4v) is 2.37. The van der Waals surface area contributed by atoms with Crippen molar-refractivity contribution < 1.29 is 9.18 Å². The average molecular weight is 315 g/mol. The summed E-state index contributed by atoms with van der Waals surface area (Å²) >= 11 is 0.